The van der Waals surface area contributed by atoms with Crippen molar-refractivity contribution in [3.05, 3.63) is 65.3 Å². The first kappa shape index (κ1) is 19.1. The second-order valence-electron chi connectivity index (χ2n) is 7.40. The quantitative estimate of drug-likeness (QED) is 0.658. The number of nitrogens with one attached hydrogen (secondary N) is 1. The van der Waals surface area contributed by atoms with Gasteiger partial charge in [-0.15, -0.1) is 0 Å². The molecule has 1 saturated heterocycles. The molecule has 0 saturated carbocycles. The van der Waals surface area contributed by atoms with Crippen LogP contribution in [0.4, 0.5) is 14.9 Å². The van der Waals surface area contributed by atoms with Crippen LogP contribution >= 0.6 is 0 Å². The number of aromatic nitrogens is 2. The molecule has 0 aliphatic carbocycles. The van der Waals surface area contributed by atoms with E-state index in [4.69, 9.17) is 4.52 Å². The first-order valence-corrected chi connectivity index (χ1v) is 9.75. The fourth-order valence-electron chi connectivity index (χ4n) is 3.53. The van der Waals surface area contributed by atoms with Crippen LogP contribution in [0.1, 0.15) is 42.3 Å². The SMILES string of the molecule is Cc1ccc(NC(=O)N2CCCCC2c2nc(-c3ccc(F)cc3)no2)cc1C. The van der Waals surface area contributed by atoms with Crippen LogP contribution in [-0.4, -0.2) is 27.6 Å². The average Bonchev–Trinajstić information content (AvgIpc) is 3.21. The number of benzene rings is 2. The van der Waals surface area contributed by atoms with Crippen molar-refractivity contribution in [1.82, 2.24) is 15.0 Å². The number of anilines is 1. The highest BCUT2D eigenvalue weighted by Crippen LogP contribution is 2.32. The normalized spacial score (nSPS) is 16.7. The summed E-state index contributed by atoms with van der Waals surface area (Å²) in [5.74, 6) is 0.471. The molecule has 2 heterocycles. The minimum absolute atomic E-state index is 0.181. The molecule has 1 aliphatic heterocycles. The van der Waals surface area contributed by atoms with Crippen molar-refractivity contribution in [3.8, 4) is 11.4 Å². The lowest BCUT2D eigenvalue weighted by molar-refractivity contribution is 0.142. The van der Waals surface area contributed by atoms with Gasteiger partial charge in [0.2, 0.25) is 11.7 Å². The fraction of sp³-hybridized carbons (Fsp3) is 0.318. The van der Waals surface area contributed by atoms with Crippen molar-refractivity contribution >= 4 is 11.7 Å². The van der Waals surface area contributed by atoms with E-state index in [1.54, 1.807) is 17.0 Å². The first-order chi connectivity index (χ1) is 14.0. The summed E-state index contributed by atoms with van der Waals surface area (Å²) < 4.78 is 18.6. The number of likely N-dealkylation sites (tertiary alicyclic amines) is 1. The lowest BCUT2D eigenvalue weighted by Crippen LogP contribution is -2.41. The van der Waals surface area contributed by atoms with E-state index >= 15 is 0 Å². The average molecular weight is 394 g/mol. The maximum atomic E-state index is 13.1. The Kier molecular flexibility index (Phi) is 5.29. The van der Waals surface area contributed by atoms with Crippen LogP contribution in [-0.2, 0) is 0 Å². The van der Waals surface area contributed by atoms with Gasteiger partial charge in [0, 0.05) is 17.8 Å². The zero-order valence-corrected chi connectivity index (χ0v) is 16.5. The lowest BCUT2D eigenvalue weighted by atomic mass is 10.0. The number of hydrogen-bond donors (Lipinski definition) is 1. The Balaban J connectivity index is 1.53. The summed E-state index contributed by atoms with van der Waals surface area (Å²) in [5.41, 5.74) is 3.74. The minimum atomic E-state index is -0.320. The summed E-state index contributed by atoms with van der Waals surface area (Å²) in [4.78, 5) is 19.2. The van der Waals surface area contributed by atoms with E-state index in [0.29, 0.717) is 23.8 Å². The van der Waals surface area contributed by atoms with Gasteiger partial charge in [-0.1, -0.05) is 11.2 Å². The molecular formula is C22H23FN4O2. The summed E-state index contributed by atoms with van der Waals surface area (Å²) in [7, 11) is 0. The predicted octanol–water partition coefficient (Wildman–Crippen LogP) is 5.25. The molecule has 1 atom stereocenters. The van der Waals surface area contributed by atoms with Gasteiger partial charge < -0.3 is 14.7 Å². The summed E-state index contributed by atoms with van der Waals surface area (Å²) in [6.07, 6.45) is 2.66. The van der Waals surface area contributed by atoms with E-state index in [9.17, 15) is 9.18 Å². The van der Waals surface area contributed by atoms with E-state index in [2.05, 4.69) is 15.5 Å². The van der Waals surface area contributed by atoms with Crippen LogP contribution in [0.3, 0.4) is 0 Å². The van der Waals surface area contributed by atoms with Gasteiger partial charge in [0.05, 0.1) is 0 Å². The zero-order valence-electron chi connectivity index (χ0n) is 16.5. The van der Waals surface area contributed by atoms with Crippen molar-refractivity contribution in [2.24, 2.45) is 0 Å². The Hall–Kier alpha value is -3.22. The number of hydrogen-bond acceptors (Lipinski definition) is 4. The van der Waals surface area contributed by atoms with Crippen molar-refractivity contribution in [2.75, 3.05) is 11.9 Å². The summed E-state index contributed by atoms with van der Waals surface area (Å²) in [5, 5.41) is 7.00. The second kappa shape index (κ2) is 8.03. The number of carbonyl (C=O) groups excluding carboxylic acids is 1. The number of carbonyl (C=O) groups is 1. The molecule has 0 bridgehead atoms. The van der Waals surface area contributed by atoms with Crippen molar-refractivity contribution in [2.45, 2.75) is 39.2 Å². The molecule has 1 N–H and O–H groups in total. The Morgan fingerprint density at radius 3 is 2.69 bits per heavy atom. The van der Waals surface area contributed by atoms with Crippen LogP contribution in [0.25, 0.3) is 11.4 Å². The Morgan fingerprint density at radius 1 is 1.14 bits per heavy atom. The second-order valence-corrected chi connectivity index (χ2v) is 7.40. The molecule has 7 heteroatoms. The van der Waals surface area contributed by atoms with Crippen LogP contribution in [0.2, 0.25) is 0 Å². The number of aryl methyl sites for hydroxylation is 2. The molecule has 1 aliphatic rings. The predicted molar refractivity (Wildman–Crippen MR) is 108 cm³/mol. The van der Waals surface area contributed by atoms with Gasteiger partial charge in [-0.05, 0) is 80.6 Å². The maximum absolute atomic E-state index is 13.1. The zero-order chi connectivity index (χ0) is 20.4. The highest BCUT2D eigenvalue weighted by Gasteiger charge is 2.32. The van der Waals surface area contributed by atoms with Gasteiger partial charge in [-0.2, -0.15) is 4.98 Å². The molecule has 6 nitrogen and oxygen atoms in total. The van der Waals surface area contributed by atoms with Gasteiger partial charge in [0.15, 0.2) is 0 Å². The Morgan fingerprint density at radius 2 is 1.93 bits per heavy atom. The smallest absolute Gasteiger partial charge is 0.322 e. The molecule has 2 amide bonds. The van der Waals surface area contributed by atoms with E-state index in [1.165, 1.54) is 17.7 Å². The lowest BCUT2D eigenvalue weighted by Gasteiger charge is -2.33. The molecular weight excluding hydrogens is 371 g/mol. The van der Waals surface area contributed by atoms with Gasteiger partial charge in [0.25, 0.3) is 0 Å². The van der Waals surface area contributed by atoms with Crippen molar-refractivity contribution < 1.29 is 13.7 Å². The van der Waals surface area contributed by atoms with E-state index in [-0.39, 0.29) is 17.9 Å². The summed E-state index contributed by atoms with van der Waals surface area (Å²) >= 11 is 0. The van der Waals surface area contributed by atoms with Crippen LogP contribution in [0, 0.1) is 19.7 Å². The largest absolute Gasteiger partial charge is 0.337 e. The third kappa shape index (κ3) is 4.13. The monoisotopic (exact) mass is 394 g/mol. The Bertz CT molecular complexity index is 1020. The van der Waals surface area contributed by atoms with Crippen LogP contribution < -0.4 is 5.32 Å². The number of amides is 2. The number of nitrogens with zero attached hydrogens (tertiary/aromatic N) is 3. The topological polar surface area (TPSA) is 71.3 Å². The molecule has 4 rings (SSSR count). The minimum Gasteiger partial charge on any atom is -0.337 e. The fourth-order valence-corrected chi connectivity index (χ4v) is 3.53. The molecule has 1 fully saturated rings. The van der Waals surface area contributed by atoms with E-state index in [1.807, 2.05) is 32.0 Å². The third-order valence-electron chi connectivity index (χ3n) is 5.35. The number of rotatable bonds is 3. The number of halogens is 1. The standard InChI is InChI=1S/C22H23FN4O2/c1-14-6-11-18(13-15(14)2)24-22(28)27-12-4-3-5-19(27)21-25-20(26-29-21)16-7-9-17(23)10-8-16/h6-11,13,19H,3-5,12H2,1-2H3,(H,24,28). The van der Waals surface area contributed by atoms with Crippen LogP contribution in [0.5, 0.6) is 0 Å². The highest BCUT2D eigenvalue weighted by atomic mass is 19.1. The molecule has 3 aromatic rings. The van der Waals surface area contributed by atoms with E-state index < -0.39 is 0 Å². The van der Waals surface area contributed by atoms with E-state index in [0.717, 1.165) is 30.5 Å². The number of piperidine rings is 1. The molecule has 0 radical (unpaired) electrons. The number of urea groups is 1. The molecule has 150 valence electrons. The first-order valence-electron chi connectivity index (χ1n) is 9.75. The van der Waals surface area contributed by atoms with Gasteiger partial charge in [-0.3, -0.25) is 0 Å². The Labute approximate surface area is 168 Å². The maximum Gasteiger partial charge on any atom is 0.322 e. The molecule has 1 aromatic heterocycles. The van der Waals surface area contributed by atoms with Crippen molar-refractivity contribution in [3.63, 3.8) is 0 Å². The van der Waals surface area contributed by atoms with Gasteiger partial charge >= 0.3 is 6.03 Å². The van der Waals surface area contributed by atoms with Crippen LogP contribution in [0.15, 0.2) is 47.0 Å². The van der Waals surface area contributed by atoms with Gasteiger partial charge in [0.1, 0.15) is 11.9 Å². The highest BCUT2D eigenvalue weighted by molar-refractivity contribution is 5.89. The molecule has 1 unspecified atom stereocenters. The van der Waals surface area contributed by atoms with Gasteiger partial charge in [-0.25, -0.2) is 9.18 Å². The molecule has 29 heavy (non-hydrogen) atoms. The molecule has 2 aromatic carbocycles. The summed E-state index contributed by atoms with van der Waals surface area (Å²) in [6, 6.07) is 11.3. The molecule has 0 spiro atoms. The third-order valence-corrected chi connectivity index (χ3v) is 5.35. The summed E-state index contributed by atoms with van der Waals surface area (Å²) in [6.45, 7) is 4.68. The van der Waals surface area contributed by atoms with Crippen molar-refractivity contribution in [1.29, 1.82) is 0 Å².